The summed E-state index contributed by atoms with van der Waals surface area (Å²) in [5.74, 6) is 2.44. The van der Waals surface area contributed by atoms with Crippen molar-refractivity contribution in [2.45, 2.75) is 130 Å². The first kappa shape index (κ1) is 29.9. The van der Waals surface area contributed by atoms with Gasteiger partial charge in [-0.25, -0.2) is 8.42 Å². The van der Waals surface area contributed by atoms with Gasteiger partial charge in [0, 0.05) is 6.42 Å². The monoisotopic (exact) mass is 527 g/mol. The number of fused-ring (bicyclic) bond motifs is 3. The number of nitrogens with one attached hydrogen (secondary N) is 1. The third kappa shape index (κ3) is 6.31. The quantitative estimate of drug-likeness (QED) is 0.418. The first-order valence-electron chi connectivity index (χ1n) is 14.7. The van der Waals surface area contributed by atoms with Crippen LogP contribution < -0.4 is 4.72 Å². The predicted molar refractivity (Wildman–Crippen MR) is 145 cm³/mol. The Kier molecular flexibility index (Phi) is 9.98. The van der Waals surface area contributed by atoms with Gasteiger partial charge in [-0.3, -0.25) is 9.52 Å². The Bertz CT molecular complexity index is 845. The molecule has 6 nitrogen and oxygen atoms in total. The van der Waals surface area contributed by atoms with Gasteiger partial charge in [-0.2, -0.15) is 0 Å². The van der Waals surface area contributed by atoms with Gasteiger partial charge in [0.1, 0.15) is 0 Å². The number of carbonyl (C=O) groups excluding carboxylic acids is 1. The molecule has 3 fully saturated rings. The van der Waals surface area contributed by atoms with Gasteiger partial charge in [0.25, 0.3) is 0 Å². The Morgan fingerprint density at radius 2 is 1.69 bits per heavy atom. The van der Waals surface area contributed by atoms with Gasteiger partial charge < -0.3 is 10.2 Å². The van der Waals surface area contributed by atoms with Crippen LogP contribution >= 0.6 is 0 Å². The van der Waals surface area contributed by atoms with Crippen molar-refractivity contribution in [3.05, 3.63) is 0 Å². The average Bonchev–Trinajstić information content (AvgIpc) is 3.16. The number of aliphatic hydroxyl groups excluding tert-OH is 2. The van der Waals surface area contributed by atoms with E-state index in [0.29, 0.717) is 41.9 Å². The summed E-state index contributed by atoms with van der Waals surface area (Å²) in [7, 11) is -3.59. The molecule has 3 rings (SSSR count). The molecule has 3 saturated carbocycles. The van der Waals surface area contributed by atoms with Crippen LogP contribution in [0.4, 0.5) is 0 Å². The molecule has 0 heterocycles. The van der Waals surface area contributed by atoms with Crippen molar-refractivity contribution in [2.24, 2.45) is 46.8 Å². The highest BCUT2D eigenvalue weighted by Crippen LogP contribution is 2.63. The highest BCUT2D eigenvalue weighted by molar-refractivity contribution is 7.90. The van der Waals surface area contributed by atoms with E-state index in [0.717, 1.165) is 57.8 Å². The van der Waals surface area contributed by atoms with Crippen molar-refractivity contribution in [3.63, 3.8) is 0 Å². The third-order valence-corrected chi connectivity index (χ3v) is 12.6. The van der Waals surface area contributed by atoms with Crippen molar-refractivity contribution < 1.29 is 23.4 Å². The Morgan fingerprint density at radius 3 is 2.33 bits per heavy atom. The van der Waals surface area contributed by atoms with Crippen molar-refractivity contribution in [1.29, 1.82) is 0 Å². The summed E-state index contributed by atoms with van der Waals surface area (Å²) in [5, 5.41) is 21.7. The van der Waals surface area contributed by atoms with Crippen LogP contribution in [0.2, 0.25) is 0 Å². The topological polar surface area (TPSA) is 104 Å². The van der Waals surface area contributed by atoms with Gasteiger partial charge >= 0.3 is 0 Å². The number of hydrogen-bond acceptors (Lipinski definition) is 5. The fourth-order valence-electron chi connectivity index (χ4n) is 8.39. The minimum atomic E-state index is -3.59. The predicted octanol–water partition coefficient (Wildman–Crippen LogP) is 5.27. The number of sulfonamides is 1. The molecule has 3 aliphatic rings. The molecule has 3 aliphatic carbocycles. The van der Waals surface area contributed by atoms with Crippen LogP contribution in [0, 0.1) is 46.8 Å². The number of rotatable bonds is 7. The van der Waals surface area contributed by atoms with E-state index in [1.165, 1.54) is 0 Å². The van der Waals surface area contributed by atoms with Crippen molar-refractivity contribution >= 4 is 15.9 Å². The zero-order valence-corrected chi connectivity index (χ0v) is 24.4. The van der Waals surface area contributed by atoms with E-state index in [4.69, 9.17) is 0 Å². The van der Waals surface area contributed by atoms with Gasteiger partial charge in [-0.1, -0.05) is 34.1 Å². The molecule has 3 unspecified atom stereocenters. The normalized spacial score (nSPS) is 40.8. The highest BCUT2D eigenvalue weighted by Gasteiger charge is 2.57. The van der Waals surface area contributed by atoms with Gasteiger partial charge in [-0.15, -0.1) is 0 Å². The molecule has 0 spiro atoms. The average molecular weight is 528 g/mol. The molecule has 0 radical (unpaired) electrons. The SMILES string of the molecule is CC[C@@H]1CC[C@H](O)CCC(C)[C@H]2CCC3(C)C([C@H](C)CCC(=O)NS(=O)(=O)C(C)C)CC[C@H]3[C@@H]2[C@@H]1O. The summed E-state index contributed by atoms with van der Waals surface area (Å²) in [6, 6.07) is 0. The van der Waals surface area contributed by atoms with Crippen LogP contribution in [-0.4, -0.2) is 42.0 Å². The molecule has 3 N–H and O–H groups in total. The van der Waals surface area contributed by atoms with Crippen LogP contribution in [-0.2, 0) is 14.8 Å². The molecule has 210 valence electrons. The second kappa shape index (κ2) is 12.0. The van der Waals surface area contributed by atoms with Gasteiger partial charge in [0.05, 0.1) is 17.5 Å². The Hall–Kier alpha value is -0.660. The molecule has 0 bridgehead atoms. The van der Waals surface area contributed by atoms with Crippen molar-refractivity contribution in [3.8, 4) is 0 Å². The first-order valence-corrected chi connectivity index (χ1v) is 16.3. The zero-order chi connectivity index (χ0) is 26.8. The maximum atomic E-state index is 12.4. The summed E-state index contributed by atoms with van der Waals surface area (Å²) < 4.78 is 26.4. The summed E-state index contributed by atoms with van der Waals surface area (Å²) >= 11 is 0. The molecule has 1 amide bonds. The minimum Gasteiger partial charge on any atom is -0.393 e. The number of hydrogen-bond donors (Lipinski definition) is 3. The van der Waals surface area contributed by atoms with E-state index in [-0.39, 0.29) is 30.0 Å². The van der Waals surface area contributed by atoms with E-state index >= 15 is 0 Å². The second-order valence-corrected chi connectivity index (χ2v) is 15.4. The summed E-state index contributed by atoms with van der Waals surface area (Å²) in [5.41, 5.74) is 0.143. The van der Waals surface area contributed by atoms with Crippen molar-refractivity contribution in [1.82, 2.24) is 4.72 Å². The summed E-state index contributed by atoms with van der Waals surface area (Å²) in [4.78, 5) is 12.4. The number of aliphatic hydroxyl groups is 2. The fraction of sp³-hybridized carbons (Fsp3) is 0.966. The van der Waals surface area contributed by atoms with Gasteiger partial charge in [0.2, 0.25) is 15.9 Å². The Labute approximate surface area is 220 Å². The Balaban J connectivity index is 1.75. The largest absolute Gasteiger partial charge is 0.393 e. The zero-order valence-electron chi connectivity index (χ0n) is 23.6. The maximum absolute atomic E-state index is 12.4. The van der Waals surface area contributed by atoms with Crippen LogP contribution in [0.15, 0.2) is 0 Å². The second-order valence-electron chi connectivity index (χ2n) is 13.2. The first-order chi connectivity index (χ1) is 16.8. The molecule has 0 aromatic rings. The van der Waals surface area contributed by atoms with Crippen LogP contribution in [0.5, 0.6) is 0 Å². The molecule has 0 aromatic carbocycles. The smallest absolute Gasteiger partial charge is 0.237 e. The summed E-state index contributed by atoms with van der Waals surface area (Å²) in [6.07, 6.45) is 9.41. The lowest BCUT2D eigenvalue weighted by atomic mass is 9.52. The molecule has 0 aliphatic heterocycles. The van der Waals surface area contributed by atoms with E-state index in [1.807, 2.05) is 0 Å². The molecule has 36 heavy (non-hydrogen) atoms. The molecular formula is C29H53NO5S. The Morgan fingerprint density at radius 1 is 1.03 bits per heavy atom. The number of amides is 1. The van der Waals surface area contributed by atoms with E-state index in [1.54, 1.807) is 13.8 Å². The van der Waals surface area contributed by atoms with Gasteiger partial charge in [0.15, 0.2) is 0 Å². The molecular weight excluding hydrogens is 474 g/mol. The lowest BCUT2D eigenvalue weighted by Gasteiger charge is -2.54. The van der Waals surface area contributed by atoms with Crippen molar-refractivity contribution in [2.75, 3.05) is 0 Å². The molecule has 0 aromatic heterocycles. The summed E-state index contributed by atoms with van der Waals surface area (Å²) in [6.45, 7) is 12.3. The van der Waals surface area contributed by atoms with Crippen LogP contribution in [0.3, 0.4) is 0 Å². The van der Waals surface area contributed by atoms with E-state index < -0.39 is 21.2 Å². The van der Waals surface area contributed by atoms with E-state index in [9.17, 15) is 23.4 Å². The fourth-order valence-corrected chi connectivity index (χ4v) is 9.05. The number of carbonyl (C=O) groups is 1. The van der Waals surface area contributed by atoms with Crippen LogP contribution in [0.25, 0.3) is 0 Å². The van der Waals surface area contributed by atoms with Crippen LogP contribution in [0.1, 0.15) is 112 Å². The molecule has 0 saturated heterocycles. The van der Waals surface area contributed by atoms with E-state index in [2.05, 4.69) is 32.4 Å². The molecule has 7 heteroatoms. The lowest BCUT2D eigenvalue weighted by molar-refractivity contribution is -0.120. The standard InChI is InChI=1S/C29H53NO5S/c1-7-21-10-12-22(31)11-8-19(4)23-16-17-29(6)24(13-14-25(29)27(23)28(21)33)20(5)9-15-26(32)30-36(34,35)18(2)3/h18-25,27-28,31,33H,7-17H2,1-6H3,(H,30,32)/t19?,20-,21-,22-,23-,24?,25+,27-,28-,29?/m1/s1. The lowest BCUT2D eigenvalue weighted by Crippen LogP contribution is -2.50. The molecule has 10 atom stereocenters. The third-order valence-electron chi connectivity index (χ3n) is 10.8. The highest BCUT2D eigenvalue weighted by atomic mass is 32.2. The maximum Gasteiger partial charge on any atom is 0.237 e. The van der Waals surface area contributed by atoms with Gasteiger partial charge in [-0.05, 0) is 118 Å². The minimum absolute atomic E-state index is 0.143.